The summed E-state index contributed by atoms with van der Waals surface area (Å²) in [6.07, 6.45) is -2.20. The van der Waals surface area contributed by atoms with E-state index in [-0.39, 0.29) is 23.7 Å². The summed E-state index contributed by atoms with van der Waals surface area (Å²) in [7, 11) is 0. The number of nitro groups is 8. The summed E-state index contributed by atoms with van der Waals surface area (Å²) < 4.78 is 0. The Labute approximate surface area is 359 Å². The lowest BCUT2D eigenvalue weighted by molar-refractivity contribution is -0.714. The fourth-order valence-corrected chi connectivity index (χ4v) is 14.2. The molecule has 32 nitrogen and oxygen atoms in total. The van der Waals surface area contributed by atoms with E-state index in [1.807, 2.05) is 0 Å². The van der Waals surface area contributed by atoms with Crippen LogP contribution in [0.5, 0.6) is 0 Å². The van der Waals surface area contributed by atoms with Crippen LogP contribution in [0.1, 0.15) is 51.4 Å². The van der Waals surface area contributed by atoms with Crippen molar-refractivity contribution < 1.29 is 39.4 Å². The molecule has 8 N–H and O–H groups in total. The first kappa shape index (κ1) is 44.1. The largest absolute Gasteiger partial charge is 0.351 e. The number of nitrogens with zero attached hydrogens (tertiary/aromatic N) is 8. The fraction of sp³-hybridized carbons (Fsp3) is 1.00. The highest BCUT2D eigenvalue weighted by molar-refractivity contribution is 5.16. The zero-order valence-electron chi connectivity index (χ0n) is 33.6. The van der Waals surface area contributed by atoms with Crippen LogP contribution in [0.15, 0.2) is 0 Å². The van der Waals surface area contributed by atoms with Crippen molar-refractivity contribution in [2.24, 2.45) is 47.3 Å². The van der Waals surface area contributed by atoms with Crippen molar-refractivity contribution in [1.82, 2.24) is 42.5 Å². The average molecular weight is 913 g/mol. The summed E-state index contributed by atoms with van der Waals surface area (Å²) in [5, 5.41) is 129. The van der Waals surface area contributed by atoms with Gasteiger partial charge in [-0.25, -0.2) is 0 Å². The first-order chi connectivity index (χ1) is 30.4. The predicted molar refractivity (Wildman–Crippen MR) is 207 cm³/mol. The van der Waals surface area contributed by atoms with Crippen LogP contribution in [0.2, 0.25) is 0 Å². The van der Waals surface area contributed by atoms with Crippen molar-refractivity contribution in [2.75, 3.05) is 0 Å². The molecule has 8 bridgehead atoms. The van der Waals surface area contributed by atoms with Gasteiger partial charge in [-0.2, -0.15) is 0 Å². The summed E-state index contributed by atoms with van der Waals surface area (Å²) >= 11 is 0. The van der Waals surface area contributed by atoms with E-state index in [0.29, 0.717) is 12.8 Å². The van der Waals surface area contributed by atoms with E-state index in [1.165, 1.54) is 0 Å². The van der Waals surface area contributed by atoms with E-state index >= 15 is 0 Å². The second-order valence-electron chi connectivity index (χ2n) is 18.9. The summed E-state index contributed by atoms with van der Waals surface area (Å²) in [4.78, 5) is 93.3. The molecule has 0 radical (unpaired) electrons. The summed E-state index contributed by atoms with van der Waals surface area (Å²) in [6.45, 7) is 0. The molecule has 9 aliphatic rings. The monoisotopic (exact) mass is 912 g/mol. The molecule has 5 saturated heterocycles. The first-order valence-corrected chi connectivity index (χ1v) is 21.6. The molecule has 24 unspecified atom stereocenters. The number of hydrogen-bond acceptors (Lipinski definition) is 24. The maximum absolute atomic E-state index is 13.1. The Kier molecular flexibility index (Phi) is 11.3. The fourth-order valence-electron chi connectivity index (χ4n) is 14.2. The Balaban J connectivity index is 1.22. The van der Waals surface area contributed by atoms with Crippen LogP contribution in [-0.4, -0.2) is 137 Å². The average Bonchev–Trinajstić information content (AvgIpc) is 3.97. The standard InChI is InChI=1S/C32H48N16O16/c49-41(50)17-13-15(19(43(53)54)23(47(61)62)21(17)45(57)58)31-38-29(13)36-27-11-7-3-1-5-9(11)25(34-27)33-26-10-6-2-4-8-12(10)28(35-26)37-30-14-16(32(39-30)40-31)20(44(55)56)24(48(63)64)22(46(59)60)18(14)42(51)52/h9-40H,1-8H2. The molecule has 4 saturated carbocycles. The summed E-state index contributed by atoms with van der Waals surface area (Å²) in [5.41, 5.74) is 0. The third kappa shape index (κ3) is 6.86. The van der Waals surface area contributed by atoms with Gasteiger partial charge in [0.1, 0.15) is 0 Å². The lowest BCUT2D eigenvalue weighted by atomic mass is 9.67. The molecule has 24 atom stereocenters. The molecule has 0 amide bonds. The van der Waals surface area contributed by atoms with Gasteiger partial charge in [0.05, 0.1) is 73.0 Å². The van der Waals surface area contributed by atoms with Crippen LogP contribution in [0.4, 0.5) is 0 Å². The molecule has 352 valence electrons. The van der Waals surface area contributed by atoms with Gasteiger partial charge in [-0.1, -0.05) is 25.7 Å². The molecule has 64 heavy (non-hydrogen) atoms. The minimum absolute atomic E-state index is 0.0207. The molecule has 0 spiro atoms. The topological polar surface area (TPSA) is 441 Å². The van der Waals surface area contributed by atoms with Gasteiger partial charge in [0.15, 0.2) is 0 Å². The highest BCUT2D eigenvalue weighted by atomic mass is 16.7. The van der Waals surface area contributed by atoms with Crippen molar-refractivity contribution in [3.8, 4) is 0 Å². The molecular weight excluding hydrogens is 864 g/mol. The van der Waals surface area contributed by atoms with E-state index in [0.717, 1.165) is 38.5 Å². The quantitative estimate of drug-likeness (QED) is 0.0871. The van der Waals surface area contributed by atoms with Gasteiger partial charge in [-0.3, -0.25) is 123 Å². The van der Waals surface area contributed by atoms with E-state index in [4.69, 9.17) is 0 Å². The van der Waals surface area contributed by atoms with Crippen molar-refractivity contribution >= 4 is 0 Å². The summed E-state index contributed by atoms with van der Waals surface area (Å²) in [6, 6.07) is -20.8. The van der Waals surface area contributed by atoms with Gasteiger partial charge in [-0.05, 0) is 49.4 Å². The van der Waals surface area contributed by atoms with Crippen LogP contribution >= 0.6 is 0 Å². The van der Waals surface area contributed by atoms with E-state index in [9.17, 15) is 80.9 Å². The van der Waals surface area contributed by atoms with Gasteiger partial charge in [0.2, 0.25) is 0 Å². The Morgan fingerprint density at radius 3 is 0.578 bits per heavy atom. The Morgan fingerprint density at radius 1 is 0.250 bits per heavy atom. The minimum atomic E-state index is -2.77. The number of fused-ring (bicyclic) bond motifs is 20. The van der Waals surface area contributed by atoms with E-state index in [1.54, 1.807) is 0 Å². The molecule has 0 aromatic rings. The van der Waals surface area contributed by atoms with Gasteiger partial charge < -0.3 is 0 Å². The maximum Gasteiger partial charge on any atom is 0.351 e. The normalized spacial score (nSPS) is 49.2. The molecule has 0 aromatic carbocycles. The van der Waals surface area contributed by atoms with Crippen LogP contribution in [-0.2, 0) is 0 Å². The highest BCUT2D eigenvalue weighted by Gasteiger charge is 2.79. The van der Waals surface area contributed by atoms with Crippen LogP contribution in [0.25, 0.3) is 0 Å². The van der Waals surface area contributed by atoms with Crippen molar-refractivity contribution in [1.29, 1.82) is 0 Å². The molecular formula is C32H48N16O16. The molecule has 32 heteroatoms. The molecule has 0 aromatic heterocycles. The van der Waals surface area contributed by atoms with Crippen LogP contribution in [0, 0.1) is 128 Å². The molecule has 5 heterocycles. The Bertz CT molecular complexity index is 1860. The molecule has 4 aliphatic carbocycles. The van der Waals surface area contributed by atoms with Crippen LogP contribution in [0.3, 0.4) is 0 Å². The number of hydrogen-bond donors (Lipinski definition) is 8. The number of nitrogens with one attached hydrogen (secondary N) is 8. The first-order valence-electron chi connectivity index (χ1n) is 21.6. The third-order valence-electron chi connectivity index (χ3n) is 16.4. The predicted octanol–water partition coefficient (Wildman–Crippen LogP) is -3.35. The zero-order chi connectivity index (χ0) is 45.8. The number of rotatable bonds is 8. The zero-order valence-corrected chi connectivity index (χ0v) is 33.6. The SMILES string of the molecule is O=[N+]([O-])C1C2C3NC4NC(NC5NC(NC6NC(NC(N3)C2C([N+](=O)[O-])C([N+](=O)[O-])C1[N+](=O)[O-])C1C6C([N+](=O)[O-])C([N+](=O)[O-])C([N+](=O)[O-])C1[N+](=O)[O-])C1CCCCC51)C1CCCCC41. The second-order valence-corrected chi connectivity index (χ2v) is 18.9. The lowest BCUT2D eigenvalue weighted by Crippen LogP contribution is -2.71. The molecule has 9 fully saturated rings. The lowest BCUT2D eigenvalue weighted by Gasteiger charge is -2.38. The second kappa shape index (κ2) is 16.4. The summed E-state index contributed by atoms with van der Waals surface area (Å²) in [5.74, 6) is -7.59. The third-order valence-corrected chi connectivity index (χ3v) is 16.4. The van der Waals surface area contributed by atoms with Crippen molar-refractivity contribution in [2.45, 2.75) is 149 Å². The maximum atomic E-state index is 13.1. The van der Waals surface area contributed by atoms with Gasteiger partial charge in [0.25, 0.3) is 24.2 Å². The van der Waals surface area contributed by atoms with E-state index < -0.39 is 161 Å². The van der Waals surface area contributed by atoms with Crippen LogP contribution < -0.4 is 42.5 Å². The van der Waals surface area contributed by atoms with E-state index in [2.05, 4.69) is 42.5 Å². The Morgan fingerprint density at radius 2 is 0.406 bits per heavy atom. The van der Waals surface area contributed by atoms with Gasteiger partial charge >= 0.3 is 24.2 Å². The minimum Gasteiger partial charge on any atom is -0.286 e. The molecule has 5 aliphatic heterocycles. The Hall–Kier alpha value is -5.12. The van der Waals surface area contributed by atoms with Gasteiger partial charge in [-0.15, -0.1) is 0 Å². The highest BCUT2D eigenvalue weighted by Crippen LogP contribution is 2.49. The molecule has 9 rings (SSSR count). The smallest absolute Gasteiger partial charge is 0.286 e. The van der Waals surface area contributed by atoms with Crippen molar-refractivity contribution in [3.05, 3.63) is 80.9 Å². The van der Waals surface area contributed by atoms with Crippen molar-refractivity contribution in [3.63, 3.8) is 0 Å². The van der Waals surface area contributed by atoms with Gasteiger partial charge in [0, 0.05) is 39.4 Å².